The summed E-state index contributed by atoms with van der Waals surface area (Å²) in [6.45, 7) is 10.6. The third kappa shape index (κ3) is 2.90. The van der Waals surface area contributed by atoms with Crippen molar-refractivity contribution >= 4 is 16.9 Å². The number of aryl methyl sites for hydroxylation is 1. The molecule has 0 spiro atoms. The summed E-state index contributed by atoms with van der Waals surface area (Å²) >= 11 is 0. The van der Waals surface area contributed by atoms with Crippen molar-refractivity contribution in [1.29, 1.82) is 0 Å². The smallest absolute Gasteiger partial charge is 0.312 e. The molecule has 1 fully saturated rings. The Kier molecular flexibility index (Phi) is 4.49. The fourth-order valence-corrected chi connectivity index (χ4v) is 4.26. The molecule has 1 aliphatic rings. The Balaban J connectivity index is 1.90. The van der Waals surface area contributed by atoms with E-state index < -0.39 is 0 Å². The fourth-order valence-electron chi connectivity index (χ4n) is 4.26. The van der Waals surface area contributed by atoms with Gasteiger partial charge in [-0.3, -0.25) is 18.3 Å². The highest BCUT2D eigenvalue weighted by atomic mass is 16.2. The van der Waals surface area contributed by atoms with E-state index >= 15 is 0 Å². The topological polar surface area (TPSA) is 69.5 Å². The first-order valence-electron chi connectivity index (χ1n) is 10.1. The van der Waals surface area contributed by atoms with Crippen LogP contribution in [0.25, 0.3) is 16.9 Å². The maximum absolute atomic E-state index is 12.8. The predicted molar refractivity (Wildman–Crippen MR) is 110 cm³/mol. The lowest BCUT2D eigenvalue weighted by molar-refractivity contribution is 0.220. The quantitative estimate of drug-likeness (QED) is 0.684. The second kappa shape index (κ2) is 6.62. The summed E-state index contributed by atoms with van der Waals surface area (Å²) in [5.74, 6) is 0.732. The van der Waals surface area contributed by atoms with Crippen LogP contribution in [0.5, 0.6) is 0 Å². The van der Waals surface area contributed by atoms with E-state index in [0.717, 1.165) is 42.2 Å². The van der Waals surface area contributed by atoms with Crippen LogP contribution in [0.1, 0.15) is 45.7 Å². The van der Waals surface area contributed by atoms with E-state index in [9.17, 15) is 9.59 Å². The summed E-state index contributed by atoms with van der Waals surface area (Å²) in [5.41, 5.74) is 1.30. The van der Waals surface area contributed by atoms with Gasteiger partial charge in [-0.1, -0.05) is 27.2 Å². The number of fused-ring (bicyclic) bond motifs is 3. The van der Waals surface area contributed by atoms with Gasteiger partial charge in [0.1, 0.15) is 0 Å². The third-order valence-corrected chi connectivity index (χ3v) is 5.91. The highest BCUT2D eigenvalue weighted by Gasteiger charge is 2.26. The van der Waals surface area contributed by atoms with Gasteiger partial charge in [0.15, 0.2) is 11.2 Å². The molecule has 0 amide bonds. The van der Waals surface area contributed by atoms with Crippen molar-refractivity contribution in [2.45, 2.75) is 52.0 Å². The van der Waals surface area contributed by atoms with E-state index in [-0.39, 0.29) is 16.7 Å². The molecule has 4 rings (SSSR count). The summed E-state index contributed by atoms with van der Waals surface area (Å²) in [7, 11) is 3.18. The number of piperidine rings is 1. The van der Waals surface area contributed by atoms with Gasteiger partial charge in [-0.05, 0) is 25.9 Å². The molecule has 0 bridgehead atoms. The van der Waals surface area contributed by atoms with Crippen LogP contribution in [0.2, 0.25) is 0 Å². The molecule has 1 saturated heterocycles. The Labute approximate surface area is 164 Å². The minimum absolute atomic E-state index is 0.0825. The first-order chi connectivity index (χ1) is 13.2. The van der Waals surface area contributed by atoms with Gasteiger partial charge in [0.25, 0.3) is 5.56 Å². The van der Waals surface area contributed by atoms with Crippen LogP contribution in [-0.4, -0.2) is 47.6 Å². The molecule has 1 aliphatic heterocycles. The van der Waals surface area contributed by atoms with Crippen molar-refractivity contribution in [3.63, 3.8) is 0 Å². The molecule has 0 saturated carbocycles. The maximum Gasteiger partial charge on any atom is 0.332 e. The standard InChI is InChI=1S/C20H30N6O2/c1-20(2,3)14-13-26-15-16(22(4)19(28)23(5)17(15)27)21-18(26)25(14)12-11-24-9-7-6-8-10-24/h13H,6-12H2,1-5H3. The van der Waals surface area contributed by atoms with Crippen LogP contribution in [0.4, 0.5) is 0 Å². The molecule has 0 unspecified atom stereocenters. The summed E-state index contributed by atoms with van der Waals surface area (Å²) in [5, 5.41) is 0. The average Bonchev–Trinajstić information content (AvgIpc) is 3.20. The Morgan fingerprint density at radius 1 is 1.00 bits per heavy atom. The predicted octanol–water partition coefficient (Wildman–Crippen LogP) is 1.47. The largest absolute Gasteiger partial charge is 0.332 e. The SMILES string of the molecule is Cn1c(=O)c2c(nc3n(CCN4CCCCC4)c(C(C)(C)C)cn23)n(C)c1=O. The zero-order valence-corrected chi connectivity index (χ0v) is 17.5. The maximum atomic E-state index is 12.8. The number of hydrogen-bond acceptors (Lipinski definition) is 4. The lowest BCUT2D eigenvalue weighted by Gasteiger charge is -2.28. The molecule has 0 aromatic carbocycles. The van der Waals surface area contributed by atoms with Crippen LogP contribution in [0.15, 0.2) is 15.8 Å². The van der Waals surface area contributed by atoms with E-state index in [1.807, 2.05) is 10.6 Å². The summed E-state index contributed by atoms with van der Waals surface area (Å²) in [6.07, 6.45) is 5.87. The summed E-state index contributed by atoms with van der Waals surface area (Å²) < 4.78 is 6.69. The number of imidazole rings is 2. The second-order valence-electron chi connectivity index (χ2n) is 8.98. The molecule has 152 valence electrons. The molecule has 8 nitrogen and oxygen atoms in total. The number of rotatable bonds is 3. The molecule has 3 aromatic heterocycles. The van der Waals surface area contributed by atoms with Gasteiger partial charge in [0, 0.05) is 44.5 Å². The van der Waals surface area contributed by atoms with Crippen molar-refractivity contribution < 1.29 is 0 Å². The average molecular weight is 387 g/mol. The lowest BCUT2D eigenvalue weighted by atomic mass is 9.92. The van der Waals surface area contributed by atoms with Gasteiger partial charge in [0.2, 0.25) is 5.78 Å². The highest BCUT2D eigenvalue weighted by molar-refractivity contribution is 5.75. The zero-order chi connectivity index (χ0) is 20.2. The van der Waals surface area contributed by atoms with Crippen LogP contribution in [-0.2, 0) is 26.1 Å². The van der Waals surface area contributed by atoms with Gasteiger partial charge < -0.3 is 9.47 Å². The van der Waals surface area contributed by atoms with Crippen molar-refractivity contribution in [3.8, 4) is 0 Å². The molecule has 4 heterocycles. The normalized spacial score (nSPS) is 16.5. The van der Waals surface area contributed by atoms with Gasteiger partial charge in [-0.25, -0.2) is 4.79 Å². The lowest BCUT2D eigenvalue weighted by Crippen LogP contribution is -2.37. The number of aromatic nitrogens is 5. The summed E-state index contributed by atoms with van der Waals surface area (Å²) in [4.78, 5) is 32.4. The van der Waals surface area contributed by atoms with E-state index in [2.05, 4.69) is 30.2 Å². The fraction of sp³-hybridized carbons (Fsp3) is 0.650. The Morgan fingerprint density at radius 3 is 2.32 bits per heavy atom. The van der Waals surface area contributed by atoms with E-state index in [1.54, 1.807) is 7.05 Å². The van der Waals surface area contributed by atoms with Crippen LogP contribution in [0, 0.1) is 0 Å². The molecular weight excluding hydrogens is 356 g/mol. The second-order valence-corrected chi connectivity index (χ2v) is 8.98. The minimum atomic E-state index is -0.353. The molecule has 0 atom stereocenters. The van der Waals surface area contributed by atoms with Crippen LogP contribution < -0.4 is 11.2 Å². The Bertz CT molecular complexity index is 1150. The summed E-state index contributed by atoms with van der Waals surface area (Å²) in [6, 6.07) is 0. The van der Waals surface area contributed by atoms with E-state index in [4.69, 9.17) is 4.98 Å². The van der Waals surface area contributed by atoms with Crippen molar-refractivity contribution in [3.05, 3.63) is 32.7 Å². The molecular formula is C20H30N6O2. The van der Waals surface area contributed by atoms with E-state index in [1.165, 1.54) is 30.9 Å². The Hall–Kier alpha value is -2.35. The first-order valence-corrected chi connectivity index (χ1v) is 10.1. The van der Waals surface area contributed by atoms with Crippen LogP contribution in [0.3, 0.4) is 0 Å². The van der Waals surface area contributed by atoms with Gasteiger partial charge in [-0.15, -0.1) is 0 Å². The number of hydrogen-bond donors (Lipinski definition) is 0. The van der Waals surface area contributed by atoms with Crippen molar-refractivity contribution in [1.82, 2.24) is 28.0 Å². The molecule has 3 aromatic rings. The number of likely N-dealkylation sites (tertiary alicyclic amines) is 1. The molecule has 0 radical (unpaired) electrons. The number of nitrogens with zero attached hydrogens (tertiary/aromatic N) is 6. The van der Waals surface area contributed by atoms with Crippen molar-refractivity contribution in [2.24, 2.45) is 14.1 Å². The monoisotopic (exact) mass is 386 g/mol. The van der Waals surface area contributed by atoms with E-state index in [0.29, 0.717) is 11.2 Å². The molecule has 8 heteroatoms. The highest BCUT2D eigenvalue weighted by Crippen LogP contribution is 2.27. The minimum Gasteiger partial charge on any atom is -0.312 e. The van der Waals surface area contributed by atoms with Gasteiger partial charge in [-0.2, -0.15) is 4.98 Å². The van der Waals surface area contributed by atoms with Crippen LogP contribution >= 0.6 is 0 Å². The Morgan fingerprint density at radius 2 is 1.68 bits per heavy atom. The first kappa shape index (κ1) is 19.0. The van der Waals surface area contributed by atoms with Gasteiger partial charge >= 0.3 is 5.69 Å². The molecule has 0 N–H and O–H groups in total. The molecule has 28 heavy (non-hydrogen) atoms. The zero-order valence-electron chi connectivity index (χ0n) is 17.5. The van der Waals surface area contributed by atoms with Crippen molar-refractivity contribution in [2.75, 3.05) is 19.6 Å². The van der Waals surface area contributed by atoms with Gasteiger partial charge in [0.05, 0.1) is 0 Å². The molecule has 0 aliphatic carbocycles. The third-order valence-electron chi connectivity index (χ3n) is 5.91.